The Labute approximate surface area is 145 Å². The molecule has 0 saturated carbocycles. The second kappa shape index (κ2) is 8.83. The van der Waals surface area contributed by atoms with E-state index in [9.17, 15) is 9.59 Å². The number of piperazine rings is 1. The summed E-state index contributed by atoms with van der Waals surface area (Å²) in [5.74, 6) is 0.357. The first kappa shape index (κ1) is 18.5. The molecule has 2 amide bonds. The van der Waals surface area contributed by atoms with Gasteiger partial charge in [0.2, 0.25) is 11.8 Å². The third-order valence-corrected chi connectivity index (χ3v) is 4.52. The van der Waals surface area contributed by atoms with E-state index < -0.39 is 0 Å². The number of hydrogen-bond acceptors (Lipinski definition) is 3. The molecule has 1 heterocycles. The number of benzene rings is 1. The third kappa shape index (κ3) is 5.34. The minimum absolute atomic E-state index is 0.0246. The van der Waals surface area contributed by atoms with Crippen molar-refractivity contribution in [3.8, 4) is 0 Å². The van der Waals surface area contributed by atoms with Crippen LogP contribution in [0.5, 0.6) is 0 Å². The van der Waals surface area contributed by atoms with Crippen LogP contribution in [0, 0.1) is 5.92 Å². The summed E-state index contributed by atoms with van der Waals surface area (Å²) in [5, 5.41) is 0. The molecule has 1 aromatic carbocycles. The highest BCUT2D eigenvalue weighted by Gasteiger charge is 2.26. The van der Waals surface area contributed by atoms with E-state index in [-0.39, 0.29) is 17.7 Å². The lowest BCUT2D eigenvalue weighted by Crippen LogP contribution is -2.52. The predicted octanol–water partition coefficient (Wildman–Crippen LogP) is 1.49. The lowest BCUT2D eigenvalue weighted by atomic mass is 9.99. The fourth-order valence-corrected chi connectivity index (χ4v) is 3.02. The zero-order valence-corrected chi connectivity index (χ0v) is 15.1. The van der Waals surface area contributed by atoms with Gasteiger partial charge in [-0.25, -0.2) is 0 Å². The fourth-order valence-electron chi connectivity index (χ4n) is 3.02. The van der Waals surface area contributed by atoms with E-state index in [1.54, 1.807) is 0 Å². The SMILES string of the molecule is CC(Cc1ccccc1)C(=O)N1CCN(C(=O)CCN(C)C)CC1. The molecule has 1 unspecified atom stereocenters. The van der Waals surface area contributed by atoms with Crippen LogP contribution in [0.15, 0.2) is 30.3 Å². The Morgan fingerprint density at radius 2 is 1.62 bits per heavy atom. The fraction of sp³-hybridized carbons (Fsp3) is 0.579. The quantitative estimate of drug-likeness (QED) is 0.793. The number of amides is 2. The molecule has 1 atom stereocenters. The van der Waals surface area contributed by atoms with Crippen LogP contribution in [-0.2, 0) is 16.0 Å². The summed E-state index contributed by atoms with van der Waals surface area (Å²) in [4.78, 5) is 30.6. The van der Waals surface area contributed by atoms with Crippen molar-refractivity contribution in [3.05, 3.63) is 35.9 Å². The highest BCUT2D eigenvalue weighted by Crippen LogP contribution is 2.13. The molecular weight excluding hydrogens is 302 g/mol. The molecule has 1 aliphatic heterocycles. The van der Waals surface area contributed by atoms with Gasteiger partial charge in [0.25, 0.3) is 0 Å². The summed E-state index contributed by atoms with van der Waals surface area (Å²) in [5.41, 5.74) is 1.19. The maximum atomic E-state index is 12.6. The standard InChI is InChI=1S/C19H29N3O2/c1-16(15-17-7-5-4-6-8-17)19(24)22-13-11-21(12-14-22)18(23)9-10-20(2)3/h4-8,16H,9-15H2,1-3H3. The van der Waals surface area contributed by atoms with Crippen molar-refractivity contribution in [3.63, 3.8) is 0 Å². The minimum atomic E-state index is -0.0246. The number of carbonyl (C=O) groups excluding carboxylic acids is 2. The van der Waals surface area contributed by atoms with E-state index in [1.165, 1.54) is 5.56 Å². The van der Waals surface area contributed by atoms with E-state index in [0.29, 0.717) is 32.6 Å². The molecule has 0 bridgehead atoms. The molecule has 1 aromatic rings. The molecular formula is C19H29N3O2. The molecule has 2 rings (SSSR count). The maximum Gasteiger partial charge on any atom is 0.225 e. The molecule has 5 heteroatoms. The van der Waals surface area contributed by atoms with Crippen molar-refractivity contribution in [2.75, 3.05) is 46.8 Å². The van der Waals surface area contributed by atoms with Crippen molar-refractivity contribution in [1.29, 1.82) is 0 Å². The molecule has 5 nitrogen and oxygen atoms in total. The van der Waals surface area contributed by atoms with Gasteiger partial charge >= 0.3 is 0 Å². The Morgan fingerprint density at radius 3 is 2.21 bits per heavy atom. The largest absolute Gasteiger partial charge is 0.339 e. The van der Waals surface area contributed by atoms with Gasteiger partial charge in [-0.05, 0) is 26.1 Å². The molecule has 0 spiro atoms. The van der Waals surface area contributed by atoms with Gasteiger partial charge in [-0.2, -0.15) is 0 Å². The summed E-state index contributed by atoms with van der Waals surface area (Å²) in [6.07, 6.45) is 1.31. The first-order valence-corrected chi connectivity index (χ1v) is 8.72. The molecule has 0 radical (unpaired) electrons. The third-order valence-electron chi connectivity index (χ3n) is 4.52. The van der Waals surface area contributed by atoms with Crippen LogP contribution in [0.3, 0.4) is 0 Å². The van der Waals surface area contributed by atoms with Crippen LogP contribution in [0.4, 0.5) is 0 Å². The first-order chi connectivity index (χ1) is 11.5. The van der Waals surface area contributed by atoms with Gasteiger partial charge in [-0.3, -0.25) is 9.59 Å². The Balaban J connectivity index is 1.78. The van der Waals surface area contributed by atoms with Crippen molar-refractivity contribution in [1.82, 2.24) is 14.7 Å². The van der Waals surface area contributed by atoms with Crippen molar-refractivity contribution >= 4 is 11.8 Å². The normalized spacial score (nSPS) is 16.3. The Morgan fingerprint density at radius 1 is 1.04 bits per heavy atom. The lowest BCUT2D eigenvalue weighted by Gasteiger charge is -2.36. The highest BCUT2D eigenvalue weighted by molar-refractivity contribution is 5.80. The smallest absolute Gasteiger partial charge is 0.225 e. The maximum absolute atomic E-state index is 12.6. The van der Waals surface area contributed by atoms with Gasteiger partial charge in [-0.15, -0.1) is 0 Å². The molecule has 0 aromatic heterocycles. The van der Waals surface area contributed by atoms with Gasteiger partial charge < -0.3 is 14.7 Å². The van der Waals surface area contributed by atoms with E-state index >= 15 is 0 Å². The first-order valence-electron chi connectivity index (χ1n) is 8.72. The molecule has 1 fully saturated rings. The van der Waals surface area contributed by atoms with Crippen molar-refractivity contribution in [2.45, 2.75) is 19.8 Å². The average Bonchev–Trinajstić information content (AvgIpc) is 2.60. The lowest BCUT2D eigenvalue weighted by molar-refractivity contribution is -0.141. The zero-order valence-electron chi connectivity index (χ0n) is 15.1. The van der Waals surface area contributed by atoms with Gasteiger partial charge in [-0.1, -0.05) is 37.3 Å². The summed E-state index contributed by atoms with van der Waals surface area (Å²) in [7, 11) is 3.94. The van der Waals surface area contributed by atoms with E-state index in [1.807, 2.05) is 53.9 Å². The monoisotopic (exact) mass is 331 g/mol. The second-order valence-corrected chi connectivity index (χ2v) is 6.85. The molecule has 1 saturated heterocycles. The van der Waals surface area contributed by atoms with E-state index in [4.69, 9.17) is 0 Å². The summed E-state index contributed by atoms with van der Waals surface area (Å²) in [6, 6.07) is 10.1. The van der Waals surface area contributed by atoms with E-state index in [2.05, 4.69) is 12.1 Å². The average molecular weight is 331 g/mol. The Bertz CT molecular complexity index is 537. The second-order valence-electron chi connectivity index (χ2n) is 6.85. The van der Waals surface area contributed by atoms with Crippen LogP contribution in [0.25, 0.3) is 0 Å². The van der Waals surface area contributed by atoms with Crippen LogP contribution in [0.2, 0.25) is 0 Å². The molecule has 0 aliphatic carbocycles. The molecule has 1 aliphatic rings. The molecule has 0 N–H and O–H groups in total. The number of carbonyl (C=O) groups is 2. The number of nitrogens with zero attached hydrogens (tertiary/aromatic N) is 3. The van der Waals surface area contributed by atoms with Gasteiger partial charge in [0.05, 0.1) is 0 Å². The van der Waals surface area contributed by atoms with Crippen LogP contribution in [-0.4, -0.2) is 73.3 Å². The van der Waals surface area contributed by atoms with Crippen LogP contribution in [0.1, 0.15) is 18.9 Å². The molecule has 24 heavy (non-hydrogen) atoms. The molecule has 132 valence electrons. The highest BCUT2D eigenvalue weighted by atomic mass is 16.2. The van der Waals surface area contributed by atoms with E-state index in [0.717, 1.165) is 13.0 Å². The van der Waals surface area contributed by atoms with Gasteiger partial charge in [0.1, 0.15) is 0 Å². The Hall–Kier alpha value is -1.88. The van der Waals surface area contributed by atoms with Crippen LogP contribution >= 0.6 is 0 Å². The summed E-state index contributed by atoms with van der Waals surface area (Å²) < 4.78 is 0. The predicted molar refractivity (Wildman–Crippen MR) is 95.6 cm³/mol. The van der Waals surface area contributed by atoms with Gasteiger partial charge in [0.15, 0.2) is 0 Å². The van der Waals surface area contributed by atoms with Crippen molar-refractivity contribution < 1.29 is 9.59 Å². The van der Waals surface area contributed by atoms with Gasteiger partial charge in [0, 0.05) is 45.1 Å². The number of rotatable bonds is 6. The van der Waals surface area contributed by atoms with Crippen molar-refractivity contribution in [2.24, 2.45) is 5.92 Å². The Kier molecular flexibility index (Phi) is 6.79. The summed E-state index contributed by atoms with van der Waals surface area (Å²) in [6.45, 7) is 5.35. The minimum Gasteiger partial charge on any atom is -0.339 e. The van der Waals surface area contributed by atoms with Crippen LogP contribution < -0.4 is 0 Å². The number of hydrogen-bond donors (Lipinski definition) is 0. The topological polar surface area (TPSA) is 43.9 Å². The zero-order chi connectivity index (χ0) is 17.5. The summed E-state index contributed by atoms with van der Waals surface area (Å²) >= 11 is 0.